The molecule has 0 aliphatic carbocycles. The van der Waals surface area contributed by atoms with Crippen LogP contribution in [0.2, 0.25) is 0 Å². The molecule has 2 aliphatic heterocycles. The van der Waals surface area contributed by atoms with Gasteiger partial charge in [0.15, 0.2) is 6.04 Å². The highest BCUT2D eigenvalue weighted by Crippen LogP contribution is 2.54. The van der Waals surface area contributed by atoms with E-state index in [-0.39, 0.29) is 11.2 Å². The molecule has 2 aliphatic rings. The van der Waals surface area contributed by atoms with Crippen molar-refractivity contribution in [2.75, 3.05) is 45.9 Å². The van der Waals surface area contributed by atoms with Gasteiger partial charge in [-0.05, 0) is 0 Å². The summed E-state index contributed by atoms with van der Waals surface area (Å²) in [7, 11) is 0. The molecule has 2 saturated heterocycles. The van der Waals surface area contributed by atoms with Gasteiger partial charge in [0, 0.05) is 25.2 Å². The quantitative estimate of drug-likeness (QED) is 0.483. The number of nitrogens with zero attached hydrogens (tertiary/aromatic N) is 2. The molecule has 1 aromatic rings. The van der Waals surface area contributed by atoms with Gasteiger partial charge in [-0.2, -0.15) is 0 Å². The van der Waals surface area contributed by atoms with Crippen molar-refractivity contribution in [2.24, 2.45) is 0 Å². The van der Waals surface area contributed by atoms with Crippen molar-refractivity contribution in [1.82, 2.24) is 4.90 Å². The van der Waals surface area contributed by atoms with E-state index < -0.39 is 10.4 Å². The summed E-state index contributed by atoms with van der Waals surface area (Å²) in [5.74, 6) is 0. The molecule has 0 radical (unpaired) electrons. The lowest BCUT2D eigenvalue weighted by Gasteiger charge is -2.62. The molecule has 0 saturated carbocycles. The van der Waals surface area contributed by atoms with Crippen LogP contribution in [0.25, 0.3) is 0 Å². The zero-order chi connectivity index (χ0) is 14.9. The highest BCUT2D eigenvalue weighted by atomic mass is 35.5. The third kappa shape index (κ3) is 3.21. The summed E-state index contributed by atoms with van der Waals surface area (Å²) in [4.78, 5) is 2.27. The Morgan fingerprint density at radius 3 is 2.52 bits per heavy atom. The number of likely N-dealkylation sites (tertiary alicyclic amines) is 1. The van der Waals surface area contributed by atoms with Crippen molar-refractivity contribution < 1.29 is 9.38 Å². The Morgan fingerprint density at radius 2 is 1.90 bits per heavy atom. The van der Waals surface area contributed by atoms with Gasteiger partial charge in [-0.1, -0.05) is 53.5 Å². The van der Waals surface area contributed by atoms with Gasteiger partial charge in [-0.15, -0.1) is 0 Å². The summed E-state index contributed by atoms with van der Waals surface area (Å²) < 4.78 is 4.03. The molecule has 2 unspecified atom stereocenters. The minimum Gasteiger partial charge on any atom is -0.632 e. The monoisotopic (exact) mass is 330 g/mol. The molecule has 116 valence electrons. The maximum atomic E-state index is 13.1. The number of hydrogen-bond donors (Lipinski definition) is 0. The molecule has 2 heterocycles. The molecule has 0 aromatic heterocycles. The summed E-state index contributed by atoms with van der Waals surface area (Å²) in [5, 5.41) is 13.1. The minimum absolute atomic E-state index is 0.250. The van der Waals surface area contributed by atoms with Crippen molar-refractivity contribution in [2.45, 2.75) is 10.4 Å². The lowest BCUT2D eigenvalue weighted by atomic mass is 9.92. The zero-order valence-electron chi connectivity index (χ0n) is 11.9. The molecule has 1 aromatic carbocycles. The summed E-state index contributed by atoms with van der Waals surface area (Å²) in [6, 6.07) is 9.24. The first-order valence-electron chi connectivity index (χ1n) is 7.32. The molecule has 21 heavy (non-hydrogen) atoms. The van der Waals surface area contributed by atoms with E-state index in [1.165, 1.54) is 0 Å². The largest absolute Gasteiger partial charge is 0.632 e. The van der Waals surface area contributed by atoms with Crippen LogP contribution in [-0.4, -0.2) is 59.8 Å². The number of halogens is 2. The second-order valence-electron chi connectivity index (χ2n) is 5.86. The Kier molecular flexibility index (Phi) is 4.46. The van der Waals surface area contributed by atoms with E-state index in [0.29, 0.717) is 6.54 Å². The number of morpholine rings is 1. The number of ether oxygens (including phenoxy) is 1. The Balaban J connectivity index is 1.68. The summed E-state index contributed by atoms with van der Waals surface area (Å²) in [6.07, 6.45) is 0. The van der Waals surface area contributed by atoms with E-state index in [1.807, 2.05) is 30.3 Å². The number of benzene rings is 1. The molecule has 6 heteroatoms. The molecule has 4 nitrogen and oxygen atoms in total. The van der Waals surface area contributed by atoms with E-state index in [0.717, 1.165) is 38.4 Å². The van der Waals surface area contributed by atoms with Crippen molar-refractivity contribution >= 4 is 23.2 Å². The Morgan fingerprint density at radius 1 is 1.24 bits per heavy atom. The second-order valence-corrected chi connectivity index (χ2v) is 7.40. The number of alkyl halides is 2. The fourth-order valence-corrected chi connectivity index (χ4v) is 4.27. The predicted molar refractivity (Wildman–Crippen MR) is 84.2 cm³/mol. The molecular weight excluding hydrogens is 311 g/mol. The van der Waals surface area contributed by atoms with Gasteiger partial charge in [0.25, 0.3) is 0 Å². The third-order valence-electron chi connectivity index (χ3n) is 4.36. The molecule has 0 spiro atoms. The third-order valence-corrected chi connectivity index (χ3v) is 5.02. The normalized spacial score (nSPS) is 32.6. The van der Waals surface area contributed by atoms with Gasteiger partial charge >= 0.3 is 0 Å². The van der Waals surface area contributed by atoms with E-state index in [4.69, 9.17) is 27.9 Å². The van der Waals surface area contributed by atoms with Crippen LogP contribution in [0, 0.1) is 5.21 Å². The summed E-state index contributed by atoms with van der Waals surface area (Å²) in [5.41, 5.74) is 0.922. The first-order chi connectivity index (χ1) is 10.0. The van der Waals surface area contributed by atoms with Gasteiger partial charge in [-0.3, -0.25) is 4.90 Å². The van der Waals surface area contributed by atoms with Gasteiger partial charge in [-0.25, -0.2) is 0 Å². The van der Waals surface area contributed by atoms with Crippen LogP contribution in [0.3, 0.4) is 0 Å². The standard InChI is InChI=1S/C15H20Cl2N2O2/c16-15(17)12-19(20,9-6-18-7-10-21-11-8-18)14(15)13-4-2-1-3-5-13/h1-5,14H,6-12H2. The molecule has 2 atom stereocenters. The average molecular weight is 331 g/mol. The highest BCUT2D eigenvalue weighted by Gasteiger charge is 2.60. The van der Waals surface area contributed by atoms with Crippen molar-refractivity contribution in [1.29, 1.82) is 0 Å². The van der Waals surface area contributed by atoms with Gasteiger partial charge in [0.2, 0.25) is 4.33 Å². The number of rotatable bonds is 4. The maximum absolute atomic E-state index is 13.1. The van der Waals surface area contributed by atoms with Crippen molar-refractivity contribution in [3.05, 3.63) is 41.1 Å². The fourth-order valence-electron chi connectivity index (χ4n) is 3.26. The van der Waals surface area contributed by atoms with E-state index >= 15 is 0 Å². The van der Waals surface area contributed by atoms with E-state index in [2.05, 4.69) is 4.90 Å². The minimum atomic E-state index is -0.964. The lowest BCUT2D eigenvalue weighted by molar-refractivity contribution is -0.954. The van der Waals surface area contributed by atoms with E-state index in [1.54, 1.807) is 0 Å². The number of hydroxylamine groups is 3. The SMILES string of the molecule is [O-][N+]1(CCN2CCOCC2)CC(Cl)(Cl)C1c1ccccc1. The van der Waals surface area contributed by atoms with Crippen LogP contribution in [0.5, 0.6) is 0 Å². The van der Waals surface area contributed by atoms with E-state index in [9.17, 15) is 5.21 Å². The molecular formula is C15H20Cl2N2O2. The average Bonchev–Trinajstić information content (AvgIpc) is 2.46. The molecule has 3 rings (SSSR count). The molecule has 0 bridgehead atoms. The summed E-state index contributed by atoms with van der Waals surface area (Å²) >= 11 is 12.7. The fraction of sp³-hybridized carbons (Fsp3) is 0.600. The van der Waals surface area contributed by atoms with Crippen LogP contribution in [0.4, 0.5) is 0 Å². The predicted octanol–water partition coefficient (Wildman–Crippen LogP) is 2.56. The number of hydrogen-bond acceptors (Lipinski definition) is 3. The molecule has 0 N–H and O–H groups in total. The zero-order valence-corrected chi connectivity index (χ0v) is 13.4. The first-order valence-corrected chi connectivity index (χ1v) is 8.07. The Labute approximate surface area is 135 Å². The van der Waals surface area contributed by atoms with Crippen LogP contribution in [0.1, 0.15) is 11.6 Å². The van der Waals surface area contributed by atoms with Gasteiger partial charge < -0.3 is 14.6 Å². The molecule has 0 amide bonds. The van der Waals surface area contributed by atoms with Crippen molar-refractivity contribution in [3.8, 4) is 0 Å². The summed E-state index contributed by atoms with van der Waals surface area (Å²) in [6.45, 7) is 4.80. The maximum Gasteiger partial charge on any atom is 0.222 e. The Bertz CT molecular complexity index is 480. The smallest absolute Gasteiger partial charge is 0.222 e. The Hall–Kier alpha value is -0.360. The first kappa shape index (κ1) is 15.5. The highest BCUT2D eigenvalue weighted by molar-refractivity contribution is 6.49. The van der Waals surface area contributed by atoms with Crippen LogP contribution in [-0.2, 0) is 4.74 Å². The second kappa shape index (κ2) is 6.03. The number of quaternary nitrogens is 1. The topological polar surface area (TPSA) is 35.5 Å². The van der Waals surface area contributed by atoms with Crippen LogP contribution < -0.4 is 0 Å². The van der Waals surface area contributed by atoms with Gasteiger partial charge in [0.1, 0.15) is 6.54 Å². The molecule has 2 fully saturated rings. The van der Waals surface area contributed by atoms with Crippen LogP contribution >= 0.6 is 23.2 Å². The van der Waals surface area contributed by atoms with Gasteiger partial charge in [0.05, 0.1) is 19.8 Å². The van der Waals surface area contributed by atoms with Crippen molar-refractivity contribution in [3.63, 3.8) is 0 Å². The lowest BCUT2D eigenvalue weighted by Crippen LogP contribution is -2.69. The van der Waals surface area contributed by atoms with Crippen LogP contribution in [0.15, 0.2) is 30.3 Å².